The van der Waals surface area contributed by atoms with Crippen molar-refractivity contribution < 1.29 is 9.53 Å². The molecule has 0 radical (unpaired) electrons. The number of imidazole rings is 1. The topological polar surface area (TPSA) is 68.5 Å². The van der Waals surface area contributed by atoms with Gasteiger partial charge in [0.2, 0.25) is 5.91 Å². The zero-order chi connectivity index (χ0) is 19.7. The maximum Gasteiger partial charge on any atom is 0.232 e. The van der Waals surface area contributed by atoms with Gasteiger partial charge in [0, 0.05) is 22.8 Å². The molecule has 3 aromatic heterocycles. The average Bonchev–Trinajstić information content (AvgIpc) is 3.23. The van der Waals surface area contributed by atoms with Crippen molar-refractivity contribution in [3.8, 4) is 17.0 Å². The van der Waals surface area contributed by atoms with Crippen LogP contribution in [0, 0.1) is 6.92 Å². The van der Waals surface area contributed by atoms with Crippen LogP contribution in [-0.4, -0.2) is 27.4 Å². The van der Waals surface area contributed by atoms with Crippen LogP contribution in [-0.2, 0) is 11.2 Å². The molecule has 3 heterocycles. The Morgan fingerprint density at radius 1 is 1.18 bits per heavy atom. The third-order valence-electron chi connectivity index (χ3n) is 4.21. The Hall–Kier alpha value is -2.90. The third kappa shape index (κ3) is 3.85. The Morgan fingerprint density at radius 3 is 2.71 bits per heavy atom. The van der Waals surface area contributed by atoms with Crippen molar-refractivity contribution in [2.75, 3.05) is 12.4 Å². The Balaban J connectivity index is 1.48. The Kier molecular flexibility index (Phi) is 5.02. The summed E-state index contributed by atoms with van der Waals surface area (Å²) in [6.45, 7) is 1.98. The van der Waals surface area contributed by atoms with Gasteiger partial charge >= 0.3 is 0 Å². The first-order valence-electron chi connectivity index (χ1n) is 8.56. The van der Waals surface area contributed by atoms with Crippen LogP contribution >= 0.6 is 22.9 Å². The van der Waals surface area contributed by atoms with Gasteiger partial charge < -0.3 is 14.5 Å². The number of thiazole rings is 1. The quantitative estimate of drug-likeness (QED) is 0.519. The maximum atomic E-state index is 12.4. The van der Waals surface area contributed by atoms with Gasteiger partial charge in [-0.05, 0) is 43.3 Å². The van der Waals surface area contributed by atoms with E-state index in [-0.39, 0.29) is 12.3 Å². The number of aryl methyl sites for hydroxylation is 1. The minimum atomic E-state index is -0.162. The van der Waals surface area contributed by atoms with E-state index in [1.54, 1.807) is 30.0 Å². The number of hydrogen-bond donors (Lipinski definition) is 1. The van der Waals surface area contributed by atoms with Gasteiger partial charge in [0.05, 0.1) is 29.9 Å². The molecule has 1 N–H and O–H groups in total. The van der Waals surface area contributed by atoms with E-state index >= 15 is 0 Å². The van der Waals surface area contributed by atoms with Crippen LogP contribution in [0.4, 0.5) is 5.13 Å². The maximum absolute atomic E-state index is 12.4. The summed E-state index contributed by atoms with van der Waals surface area (Å²) in [5, 5.41) is 4.05. The van der Waals surface area contributed by atoms with Crippen LogP contribution in [0.5, 0.6) is 5.75 Å². The number of rotatable bonds is 5. The molecule has 4 aromatic rings. The molecule has 0 spiro atoms. The van der Waals surface area contributed by atoms with Gasteiger partial charge in [0.15, 0.2) is 5.13 Å². The average molecular weight is 413 g/mol. The standard InChI is InChI=1S/C20H17ClN4O2S/c1-12-19(13-3-6-16(27-2)7-4-13)24-20(28-12)23-18(26)9-15-11-25-10-14(21)5-8-17(25)22-15/h3-8,10-11H,9H2,1-2H3,(H,23,24,26). The van der Waals surface area contributed by atoms with E-state index < -0.39 is 0 Å². The van der Waals surface area contributed by atoms with Crippen molar-refractivity contribution in [3.63, 3.8) is 0 Å². The third-order valence-corrected chi connectivity index (χ3v) is 5.32. The zero-order valence-corrected chi connectivity index (χ0v) is 16.8. The number of ether oxygens (including phenoxy) is 1. The number of fused-ring (bicyclic) bond motifs is 1. The van der Waals surface area contributed by atoms with Crippen LogP contribution in [0.2, 0.25) is 5.02 Å². The highest BCUT2D eigenvalue weighted by Crippen LogP contribution is 2.31. The van der Waals surface area contributed by atoms with E-state index in [0.717, 1.165) is 27.5 Å². The number of benzene rings is 1. The summed E-state index contributed by atoms with van der Waals surface area (Å²) >= 11 is 7.43. The number of carbonyl (C=O) groups excluding carboxylic acids is 1. The van der Waals surface area contributed by atoms with Crippen molar-refractivity contribution in [3.05, 3.63) is 64.4 Å². The molecule has 0 saturated carbocycles. The van der Waals surface area contributed by atoms with E-state index in [4.69, 9.17) is 16.3 Å². The number of pyridine rings is 1. The number of hydrogen-bond acceptors (Lipinski definition) is 5. The number of nitrogens with zero attached hydrogens (tertiary/aromatic N) is 3. The molecule has 6 nitrogen and oxygen atoms in total. The molecule has 0 fully saturated rings. The van der Waals surface area contributed by atoms with Crippen molar-refractivity contribution in [2.24, 2.45) is 0 Å². The molecule has 0 bridgehead atoms. The summed E-state index contributed by atoms with van der Waals surface area (Å²) in [7, 11) is 1.63. The molecule has 0 atom stereocenters. The number of halogens is 1. The molecule has 0 aliphatic rings. The molecule has 0 aliphatic heterocycles. The Labute approximate surface area is 170 Å². The van der Waals surface area contributed by atoms with Crippen LogP contribution in [0.25, 0.3) is 16.9 Å². The Bertz CT molecular complexity index is 1150. The molecular weight excluding hydrogens is 396 g/mol. The molecule has 0 aliphatic carbocycles. The first kappa shape index (κ1) is 18.5. The van der Waals surface area contributed by atoms with Gasteiger partial charge in [0.1, 0.15) is 11.4 Å². The first-order chi connectivity index (χ1) is 13.5. The predicted molar refractivity (Wildman–Crippen MR) is 111 cm³/mol. The smallest absolute Gasteiger partial charge is 0.232 e. The van der Waals surface area contributed by atoms with Gasteiger partial charge in [0.25, 0.3) is 0 Å². The SMILES string of the molecule is COc1ccc(-c2nc(NC(=O)Cc3cn4cc(Cl)ccc4n3)sc2C)cc1. The summed E-state index contributed by atoms with van der Waals surface area (Å²) in [6.07, 6.45) is 3.73. The van der Waals surface area contributed by atoms with Crippen molar-refractivity contribution in [1.29, 1.82) is 0 Å². The molecule has 4 rings (SSSR count). The van der Waals surface area contributed by atoms with E-state index in [0.29, 0.717) is 15.8 Å². The van der Waals surface area contributed by atoms with Gasteiger partial charge in [-0.3, -0.25) is 4.79 Å². The van der Waals surface area contributed by atoms with Crippen LogP contribution in [0.3, 0.4) is 0 Å². The van der Waals surface area contributed by atoms with Crippen molar-refractivity contribution in [1.82, 2.24) is 14.4 Å². The highest BCUT2D eigenvalue weighted by atomic mass is 35.5. The first-order valence-corrected chi connectivity index (χ1v) is 9.76. The van der Waals surface area contributed by atoms with Crippen LogP contribution in [0.15, 0.2) is 48.8 Å². The lowest BCUT2D eigenvalue weighted by Gasteiger charge is -2.02. The number of carbonyl (C=O) groups is 1. The van der Waals surface area contributed by atoms with Crippen molar-refractivity contribution in [2.45, 2.75) is 13.3 Å². The number of anilines is 1. The Morgan fingerprint density at radius 2 is 1.96 bits per heavy atom. The molecule has 1 amide bonds. The summed E-state index contributed by atoms with van der Waals surface area (Å²) in [5.41, 5.74) is 3.25. The fourth-order valence-electron chi connectivity index (χ4n) is 2.90. The lowest BCUT2D eigenvalue weighted by molar-refractivity contribution is -0.115. The summed E-state index contributed by atoms with van der Waals surface area (Å²) in [4.78, 5) is 22.5. The lowest BCUT2D eigenvalue weighted by Crippen LogP contribution is -2.14. The van der Waals surface area contributed by atoms with Gasteiger partial charge in [-0.1, -0.05) is 11.6 Å². The molecular formula is C20H17ClN4O2S. The normalized spacial score (nSPS) is 11.0. The molecule has 142 valence electrons. The minimum Gasteiger partial charge on any atom is -0.497 e. The van der Waals surface area contributed by atoms with Crippen LogP contribution < -0.4 is 10.1 Å². The highest BCUT2D eigenvalue weighted by Gasteiger charge is 2.14. The zero-order valence-electron chi connectivity index (χ0n) is 15.3. The highest BCUT2D eigenvalue weighted by molar-refractivity contribution is 7.16. The predicted octanol–water partition coefficient (Wildman–Crippen LogP) is 4.61. The van der Waals surface area contributed by atoms with Gasteiger partial charge in [-0.25, -0.2) is 9.97 Å². The van der Waals surface area contributed by atoms with Crippen LogP contribution in [0.1, 0.15) is 10.6 Å². The van der Waals surface area contributed by atoms with E-state index in [1.165, 1.54) is 11.3 Å². The minimum absolute atomic E-state index is 0.162. The second-order valence-corrected chi connectivity index (χ2v) is 7.86. The lowest BCUT2D eigenvalue weighted by atomic mass is 10.1. The van der Waals surface area contributed by atoms with E-state index in [1.807, 2.05) is 37.3 Å². The van der Waals surface area contributed by atoms with Gasteiger partial charge in [-0.2, -0.15) is 0 Å². The number of aromatic nitrogens is 3. The summed E-state index contributed by atoms with van der Waals surface area (Å²) in [6, 6.07) is 11.3. The fourth-order valence-corrected chi connectivity index (χ4v) is 3.92. The van der Waals surface area contributed by atoms with E-state index in [9.17, 15) is 4.79 Å². The fraction of sp³-hybridized carbons (Fsp3) is 0.150. The summed E-state index contributed by atoms with van der Waals surface area (Å²) < 4.78 is 6.99. The van der Waals surface area contributed by atoms with Crippen molar-refractivity contribution >= 4 is 39.6 Å². The molecule has 0 saturated heterocycles. The number of amides is 1. The second kappa shape index (κ2) is 7.61. The van der Waals surface area contributed by atoms with Gasteiger partial charge in [-0.15, -0.1) is 11.3 Å². The number of nitrogens with one attached hydrogen (secondary N) is 1. The monoisotopic (exact) mass is 412 g/mol. The molecule has 8 heteroatoms. The second-order valence-electron chi connectivity index (χ2n) is 6.22. The number of methoxy groups -OCH3 is 1. The molecule has 0 unspecified atom stereocenters. The molecule has 1 aromatic carbocycles. The molecule has 28 heavy (non-hydrogen) atoms. The largest absolute Gasteiger partial charge is 0.497 e. The summed E-state index contributed by atoms with van der Waals surface area (Å²) in [5.74, 6) is 0.628. The van der Waals surface area contributed by atoms with E-state index in [2.05, 4.69) is 15.3 Å².